The average molecular weight is 422 g/mol. The van der Waals surface area contributed by atoms with Crippen molar-refractivity contribution >= 4 is 11.9 Å². The topological polar surface area (TPSA) is 107 Å². The molecule has 1 atom stereocenters. The maximum Gasteiger partial charge on any atom is 0.325 e. The Balaban J connectivity index is 1.51. The summed E-state index contributed by atoms with van der Waals surface area (Å²) in [6, 6.07) is 13.7. The number of rotatable bonds is 7. The molecule has 0 spiro atoms. The molecule has 9 nitrogen and oxygen atoms in total. The smallest absolute Gasteiger partial charge is 0.325 e. The Morgan fingerprint density at radius 3 is 2.35 bits per heavy atom. The van der Waals surface area contributed by atoms with E-state index in [9.17, 15) is 9.59 Å². The number of methoxy groups -OCH3 is 1. The van der Waals surface area contributed by atoms with Gasteiger partial charge in [0.1, 0.15) is 23.6 Å². The van der Waals surface area contributed by atoms with E-state index in [0.29, 0.717) is 35.1 Å². The van der Waals surface area contributed by atoms with Crippen LogP contribution in [0, 0.1) is 0 Å². The lowest BCUT2D eigenvalue weighted by molar-refractivity contribution is -0.131. The molecule has 0 radical (unpaired) electrons. The summed E-state index contributed by atoms with van der Waals surface area (Å²) in [6.07, 6.45) is 0. The van der Waals surface area contributed by atoms with Gasteiger partial charge >= 0.3 is 6.03 Å². The molecule has 31 heavy (non-hydrogen) atoms. The van der Waals surface area contributed by atoms with Crippen LogP contribution in [0.4, 0.5) is 4.79 Å². The molecule has 1 N–H and O–H groups in total. The quantitative estimate of drug-likeness (QED) is 0.583. The molecule has 1 aromatic heterocycles. The summed E-state index contributed by atoms with van der Waals surface area (Å²) in [5.41, 5.74) is 0.165. The molecular formula is C22H22N4O5. The van der Waals surface area contributed by atoms with Crippen LogP contribution in [-0.2, 0) is 16.9 Å². The lowest BCUT2D eigenvalue weighted by atomic mass is 9.92. The first-order chi connectivity index (χ1) is 14.9. The molecule has 3 amide bonds. The van der Waals surface area contributed by atoms with Gasteiger partial charge in [-0.15, -0.1) is 10.2 Å². The summed E-state index contributed by atoms with van der Waals surface area (Å²) in [6.45, 7) is 3.98. The standard InChI is InChI=1S/C22H22N4O5/c1-4-30-17-11-7-15(8-12-17)22(2)20(27)26(21(28)23-22)13-18-24-25-19(31-18)14-5-9-16(29-3)10-6-14/h5-12H,4,13H2,1-3H3,(H,23,28)/t22-/m1/s1. The minimum atomic E-state index is -1.19. The van der Waals surface area contributed by atoms with Crippen molar-refractivity contribution in [1.82, 2.24) is 20.4 Å². The summed E-state index contributed by atoms with van der Waals surface area (Å²) in [5.74, 6) is 1.45. The molecule has 160 valence electrons. The van der Waals surface area contributed by atoms with Gasteiger partial charge in [0.15, 0.2) is 0 Å². The van der Waals surface area contributed by atoms with Gasteiger partial charge < -0.3 is 19.2 Å². The van der Waals surface area contributed by atoms with E-state index >= 15 is 0 Å². The highest BCUT2D eigenvalue weighted by Crippen LogP contribution is 2.31. The Labute approximate surface area is 179 Å². The van der Waals surface area contributed by atoms with Gasteiger partial charge in [-0.2, -0.15) is 0 Å². The van der Waals surface area contributed by atoms with Gasteiger partial charge in [-0.3, -0.25) is 9.69 Å². The monoisotopic (exact) mass is 422 g/mol. The minimum Gasteiger partial charge on any atom is -0.497 e. The van der Waals surface area contributed by atoms with Crippen LogP contribution in [0.25, 0.3) is 11.5 Å². The third-order valence-electron chi connectivity index (χ3n) is 5.11. The summed E-state index contributed by atoms with van der Waals surface area (Å²) >= 11 is 0. The highest BCUT2D eigenvalue weighted by molar-refractivity contribution is 6.07. The van der Waals surface area contributed by atoms with Crippen LogP contribution in [-0.4, -0.2) is 40.8 Å². The van der Waals surface area contributed by atoms with Crippen molar-refractivity contribution in [1.29, 1.82) is 0 Å². The van der Waals surface area contributed by atoms with Gasteiger partial charge in [-0.1, -0.05) is 12.1 Å². The number of amides is 3. The molecular weight excluding hydrogens is 400 g/mol. The molecule has 2 aromatic carbocycles. The number of hydrogen-bond acceptors (Lipinski definition) is 7. The number of carbonyl (C=O) groups is 2. The highest BCUT2D eigenvalue weighted by atomic mass is 16.5. The number of urea groups is 1. The molecule has 1 aliphatic heterocycles. The molecule has 0 aliphatic carbocycles. The Morgan fingerprint density at radius 1 is 1.03 bits per heavy atom. The Bertz CT molecular complexity index is 1090. The molecule has 4 rings (SSSR count). The third-order valence-corrected chi connectivity index (χ3v) is 5.11. The third kappa shape index (κ3) is 3.81. The largest absolute Gasteiger partial charge is 0.497 e. The summed E-state index contributed by atoms with van der Waals surface area (Å²) < 4.78 is 16.2. The van der Waals surface area contributed by atoms with E-state index in [0.717, 1.165) is 4.90 Å². The lowest BCUT2D eigenvalue weighted by Gasteiger charge is -2.22. The van der Waals surface area contributed by atoms with E-state index < -0.39 is 17.5 Å². The maximum atomic E-state index is 13.1. The number of nitrogens with one attached hydrogen (secondary N) is 1. The van der Waals surface area contributed by atoms with Gasteiger partial charge in [-0.25, -0.2) is 4.79 Å². The second kappa shape index (κ2) is 8.10. The van der Waals surface area contributed by atoms with E-state index in [2.05, 4.69) is 15.5 Å². The van der Waals surface area contributed by atoms with Gasteiger partial charge in [0, 0.05) is 5.56 Å². The van der Waals surface area contributed by atoms with Gasteiger partial charge in [0.05, 0.1) is 13.7 Å². The molecule has 0 unspecified atom stereocenters. The predicted octanol–water partition coefficient (Wildman–Crippen LogP) is 3.11. The van der Waals surface area contributed by atoms with Crippen molar-refractivity contribution in [2.45, 2.75) is 25.9 Å². The zero-order valence-corrected chi connectivity index (χ0v) is 17.4. The first-order valence-corrected chi connectivity index (χ1v) is 9.79. The summed E-state index contributed by atoms with van der Waals surface area (Å²) in [5, 5.41) is 10.8. The van der Waals surface area contributed by atoms with Crippen molar-refractivity contribution in [3.8, 4) is 23.0 Å². The Kier molecular flexibility index (Phi) is 5.33. The normalized spacial score (nSPS) is 18.2. The van der Waals surface area contributed by atoms with Gasteiger partial charge in [-0.05, 0) is 55.8 Å². The molecule has 0 bridgehead atoms. The number of carbonyl (C=O) groups excluding carboxylic acids is 2. The van der Waals surface area contributed by atoms with Crippen LogP contribution in [0.2, 0.25) is 0 Å². The fraction of sp³-hybridized carbons (Fsp3) is 0.273. The summed E-state index contributed by atoms with van der Waals surface area (Å²) in [7, 11) is 1.58. The number of hydrogen-bond donors (Lipinski definition) is 1. The number of ether oxygens (including phenoxy) is 2. The van der Waals surface area contributed by atoms with Crippen molar-refractivity contribution in [3.05, 3.63) is 60.0 Å². The highest BCUT2D eigenvalue weighted by Gasteiger charge is 2.49. The van der Waals surface area contributed by atoms with E-state index in [1.807, 2.05) is 6.92 Å². The zero-order valence-electron chi connectivity index (χ0n) is 17.4. The van der Waals surface area contributed by atoms with Crippen molar-refractivity contribution in [3.63, 3.8) is 0 Å². The average Bonchev–Trinajstić information content (AvgIpc) is 3.34. The van der Waals surface area contributed by atoms with Gasteiger partial charge in [0.2, 0.25) is 11.8 Å². The van der Waals surface area contributed by atoms with E-state index in [1.54, 1.807) is 62.6 Å². The fourth-order valence-corrected chi connectivity index (χ4v) is 3.39. The molecule has 2 heterocycles. The van der Waals surface area contributed by atoms with Crippen molar-refractivity contribution in [2.24, 2.45) is 0 Å². The van der Waals surface area contributed by atoms with Crippen LogP contribution < -0.4 is 14.8 Å². The van der Waals surface area contributed by atoms with Crippen molar-refractivity contribution < 1.29 is 23.5 Å². The number of aromatic nitrogens is 2. The Hall–Kier alpha value is -3.88. The lowest BCUT2D eigenvalue weighted by Crippen LogP contribution is -2.40. The number of imide groups is 1. The molecule has 9 heteroatoms. The predicted molar refractivity (Wildman–Crippen MR) is 110 cm³/mol. The van der Waals surface area contributed by atoms with Crippen LogP contribution >= 0.6 is 0 Å². The SMILES string of the molecule is CCOc1ccc([C@@]2(C)NC(=O)N(Cc3nnc(-c4ccc(OC)cc4)o3)C2=O)cc1. The first-order valence-electron chi connectivity index (χ1n) is 9.79. The molecule has 1 aliphatic rings. The second-order valence-corrected chi connectivity index (χ2v) is 7.13. The Morgan fingerprint density at radius 2 is 1.71 bits per heavy atom. The molecule has 0 saturated carbocycles. The fourth-order valence-electron chi connectivity index (χ4n) is 3.39. The molecule has 3 aromatic rings. The van der Waals surface area contributed by atoms with Gasteiger partial charge in [0.25, 0.3) is 5.91 Å². The van der Waals surface area contributed by atoms with Crippen molar-refractivity contribution in [2.75, 3.05) is 13.7 Å². The molecule has 1 saturated heterocycles. The summed E-state index contributed by atoms with van der Waals surface area (Å²) in [4.78, 5) is 26.7. The number of benzene rings is 2. The molecule has 1 fully saturated rings. The number of nitrogens with zero attached hydrogens (tertiary/aromatic N) is 3. The zero-order chi connectivity index (χ0) is 22.0. The first kappa shape index (κ1) is 20.4. The second-order valence-electron chi connectivity index (χ2n) is 7.13. The van der Waals surface area contributed by atoms with Crippen LogP contribution in [0.15, 0.2) is 52.9 Å². The van der Waals surface area contributed by atoms with E-state index in [-0.39, 0.29) is 12.4 Å². The van der Waals surface area contributed by atoms with Crippen LogP contribution in [0.1, 0.15) is 25.3 Å². The minimum absolute atomic E-state index is 0.125. The van der Waals surface area contributed by atoms with Crippen LogP contribution in [0.5, 0.6) is 11.5 Å². The maximum absolute atomic E-state index is 13.1. The van der Waals surface area contributed by atoms with Crippen LogP contribution in [0.3, 0.4) is 0 Å². The van der Waals surface area contributed by atoms with E-state index in [4.69, 9.17) is 13.9 Å². The van der Waals surface area contributed by atoms with E-state index in [1.165, 1.54) is 0 Å².